The highest BCUT2D eigenvalue weighted by Crippen LogP contribution is 2.40. The van der Waals surface area contributed by atoms with Crippen molar-refractivity contribution in [3.05, 3.63) is 152 Å². The lowest BCUT2D eigenvalue weighted by molar-refractivity contribution is -0.0510. The number of thiophene rings is 1. The summed E-state index contributed by atoms with van der Waals surface area (Å²) in [4.78, 5) is 7.94. The topological polar surface area (TPSA) is 103 Å². The predicted octanol–water partition coefficient (Wildman–Crippen LogP) is 13.1. The summed E-state index contributed by atoms with van der Waals surface area (Å²) < 4.78 is 72.4. The first-order chi connectivity index (χ1) is 27.9. The lowest BCUT2D eigenvalue weighted by atomic mass is 9.98. The van der Waals surface area contributed by atoms with Gasteiger partial charge < -0.3 is 9.97 Å². The number of hydrogen-bond donors (Lipinski definition) is 3. The third-order valence-corrected chi connectivity index (χ3v) is 13.0. The highest BCUT2D eigenvalue weighted by Gasteiger charge is 2.44. The van der Waals surface area contributed by atoms with Gasteiger partial charge in [0.1, 0.15) is 0 Å². The van der Waals surface area contributed by atoms with Crippen LogP contribution in [0.5, 0.6) is 0 Å². The zero-order chi connectivity index (χ0) is 40.3. The van der Waals surface area contributed by atoms with E-state index in [0.29, 0.717) is 0 Å². The minimum atomic E-state index is -5.84. The van der Waals surface area contributed by atoms with Crippen LogP contribution in [0.3, 0.4) is 0 Å². The Morgan fingerprint density at radius 2 is 1.07 bits per heavy atom. The lowest BCUT2D eigenvalue weighted by Gasteiger charge is -2.09. The van der Waals surface area contributed by atoms with Crippen molar-refractivity contribution in [2.24, 2.45) is 0 Å². The minimum Gasteiger partial charge on any atom is -0.354 e. The molecule has 12 heteroatoms. The van der Waals surface area contributed by atoms with E-state index in [2.05, 4.69) is 137 Å². The fraction of sp³-hybridized carbons (Fsp3) is 0.0435. The number of nitrogens with one attached hydrogen (secondary N) is 2. The second-order valence-corrected chi connectivity index (χ2v) is 17.6. The molecule has 0 radical (unpaired) electrons. The molecule has 0 saturated heterocycles. The molecule has 3 N–H and O–H groups in total. The maximum atomic E-state index is 12.2. The van der Waals surface area contributed by atoms with Gasteiger partial charge in [-0.3, -0.25) is 8.76 Å². The van der Waals surface area contributed by atoms with Crippen molar-refractivity contribution in [1.29, 1.82) is 0 Å². The summed E-state index contributed by atoms with van der Waals surface area (Å²) in [6, 6.07) is 53.6. The second-order valence-electron chi connectivity index (χ2n) is 13.8. The summed E-state index contributed by atoms with van der Waals surface area (Å²) in [5.41, 5.74) is 1.30. The van der Waals surface area contributed by atoms with Crippen molar-refractivity contribution in [2.75, 3.05) is 6.26 Å². The molecule has 288 valence electrons. The van der Waals surface area contributed by atoms with Crippen LogP contribution in [0.4, 0.5) is 13.2 Å². The number of alkyl halides is 3. The van der Waals surface area contributed by atoms with E-state index in [-0.39, 0.29) is 0 Å². The quantitative estimate of drug-likeness (QED) is 0.119. The first-order valence-corrected chi connectivity index (χ1v) is 21.8. The Labute approximate surface area is 335 Å². The van der Waals surface area contributed by atoms with Crippen LogP contribution in [-0.4, -0.2) is 38.9 Å². The lowest BCUT2D eigenvalue weighted by Crippen LogP contribution is -2.21. The number of aromatic nitrogens is 2. The first-order valence-electron chi connectivity index (χ1n) is 18.0. The van der Waals surface area contributed by atoms with Gasteiger partial charge in [0.05, 0.1) is 10.8 Å². The summed E-state index contributed by atoms with van der Waals surface area (Å²) in [6.45, 7) is 0. The first kappa shape index (κ1) is 37.5. The standard InChI is InChI=1S/C23H17NOS.C22H13NS.CHF3O3S/c1-26(25)22-9-5-3-6-17(22)16-11-10-15-12-13-21-23(19(15)14-16)18-7-2-4-8-20(18)24-21;1-3-7-18-15(6-1)22-16-12-17-14-5-2-4-8-20(14)24-21(17)11-13(16)9-10-19(22)23-18;2-1(3,4)8(5,6)7/h2-14,24H,1H3;1-12,23H;(H,5,6,7). The summed E-state index contributed by atoms with van der Waals surface area (Å²) in [6.07, 6.45) is 1.73. The zero-order valence-electron chi connectivity index (χ0n) is 30.5. The van der Waals surface area contributed by atoms with Gasteiger partial charge in [0, 0.05) is 74.9 Å². The van der Waals surface area contributed by atoms with Crippen molar-refractivity contribution >= 4 is 118 Å². The smallest absolute Gasteiger partial charge is 0.354 e. The van der Waals surface area contributed by atoms with Crippen molar-refractivity contribution < 1.29 is 30.4 Å². The maximum absolute atomic E-state index is 12.2. The molecule has 1 atom stereocenters. The summed E-state index contributed by atoms with van der Waals surface area (Å²) in [5, 5.41) is 12.9. The molecule has 11 aromatic rings. The van der Waals surface area contributed by atoms with Gasteiger partial charge in [-0.05, 0) is 87.3 Å². The monoisotopic (exact) mass is 828 g/mol. The Balaban J connectivity index is 0.000000127. The number of aromatic amines is 2. The number of rotatable bonds is 2. The molecule has 8 aromatic carbocycles. The zero-order valence-corrected chi connectivity index (χ0v) is 32.9. The molecule has 0 aliphatic rings. The molecule has 0 spiro atoms. The van der Waals surface area contributed by atoms with Gasteiger partial charge in [0.2, 0.25) is 0 Å². The van der Waals surface area contributed by atoms with E-state index in [1.165, 1.54) is 74.3 Å². The molecule has 0 aliphatic heterocycles. The number of halogens is 3. The van der Waals surface area contributed by atoms with E-state index < -0.39 is 26.4 Å². The van der Waals surface area contributed by atoms with Gasteiger partial charge in [-0.25, -0.2) is 0 Å². The molecule has 0 bridgehead atoms. The highest BCUT2D eigenvalue weighted by molar-refractivity contribution is 7.86. The Morgan fingerprint density at radius 1 is 0.552 bits per heavy atom. The molecule has 11 rings (SSSR count). The third kappa shape index (κ3) is 6.67. The Morgan fingerprint density at radius 3 is 1.69 bits per heavy atom. The molecular formula is C46H31F3N2O4S3. The molecule has 0 aliphatic carbocycles. The number of H-pyrrole nitrogens is 2. The number of benzene rings is 8. The SMILES string of the molecule is CS(=O)c1ccccc1-c1ccc2ccc3[nH]c4ccccc4c3c2c1.O=S(=O)(O)C(F)(F)F.c1ccc2c(c1)[nH]c1ccc3cc4sc5ccccc5c4cc3c12. The van der Waals surface area contributed by atoms with Crippen molar-refractivity contribution in [3.8, 4) is 11.1 Å². The normalized spacial score (nSPS) is 12.7. The minimum absolute atomic E-state index is 0.873. The fourth-order valence-corrected chi connectivity index (χ4v) is 9.59. The van der Waals surface area contributed by atoms with Crippen LogP contribution < -0.4 is 0 Å². The van der Waals surface area contributed by atoms with Crippen molar-refractivity contribution in [3.63, 3.8) is 0 Å². The molecular weight excluding hydrogens is 798 g/mol. The van der Waals surface area contributed by atoms with Gasteiger partial charge in [-0.1, -0.05) is 97.1 Å². The van der Waals surface area contributed by atoms with Gasteiger partial charge >= 0.3 is 15.6 Å². The van der Waals surface area contributed by atoms with E-state index in [9.17, 15) is 17.4 Å². The van der Waals surface area contributed by atoms with E-state index in [1.54, 1.807) is 6.26 Å². The summed E-state index contributed by atoms with van der Waals surface area (Å²) >= 11 is 1.88. The van der Waals surface area contributed by atoms with Crippen LogP contribution in [0.2, 0.25) is 0 Å². The molecule has 3 heterocycles. The Hall–Kier alpha value is -6.05. The largest absolute Gasteiger partial charge is 0.522 e. The average molecular weight is 829 g/mol. The maximum Gasteiger partial charge on any atom is 0.522 e. The third-order valence-electron chi connectivity index (χ3n) is 10.3. The molecule has 58 heavy (non-hydrogen) atoms. The molecule has 0 saturated carbocycles. The van der Waals surface area contributed by atoms with Crippen LogP contribution in [0, 0.1) is 0 Å². The number of para-hydroxylation sites is 2. The summed E-state index contributed by atoms with van der Waals surface area (Å²) in [7, 11) is -6.86. The van der Waals surface area contributed by atoms with E-state index in [0.717, 1.165) is 27.1 Å². The highest BCUT2D eigenvalue weighted by atomic mass is 32.2. The van der Waals surface area contributed by atoms with Gasteiger partial charge in [0.15, 0.2) is 0 Å². The van der Waals surface area contributed by atoms with Crippen LogP contribution >= 0.6 is 11.3 Å². The van der Waals surface area contributed by atoms with Crippen molar-refractivity contribution in [1.82, 2.24) is 9.97 Å². The van der Waals surface area contributed by atoms with Crippen molar-refractivity contribution in [2.45, 2.75) is 10.4 Å². The van der Waals surface area contributed by atoms with Crippen LogP contribution in [0.25, 0.3) is 96.5 Å². The fourth-order valence-electron chi connectivity index (χ4n) is 7.69. The van der Waals surface area contributed by atoms with Crippen LogP contribution in [0.15, 0.2) is 157 Å². The van der Waals surface area contributed by atoms with E-state index in [1.807, 2.05) is 35.6 Å². The number of hydrogen-bond acceptors (Lipinski definition) is 4. The van der Waals surface area contributed by atoms with Gasteiger partial charge in [0.25, 0.3) is 0 Å². The molecule has 6 nitrogen and oxygen atoms in total. The molecule has 0 amide bonds. The molecule has 1 unspecified atom stereocenters. The van der Waals surface area contributed by atoms with E-state index in [4.69, 9.17) is 13.0 Å². The van der Waals surface area contributed by atoms with Gasteiger partial charge in [-0.2, -0.15) is 21.6 Å². The summed E-state index contributed by atoms with van der Waals surface area (Å²) in [5.74, 6) is 0. The predicted molar refractivity (Wildman–Crippen MR) is 235 cm³/mol. The van der Waals surface area contributed by atoms with Gasteiger partial charge in [-0.15, -0.1) is 11.3 Å². The Kier molecular flexibility index (Phi) is 9.32. The molecule has 3 aromatic heterocycles. The number of fused-ring (bicyclic) bond motifs is 13. The molecule has 0 fully saturated rings. The van der Waals surface area contributed by atoms with Crippen LogP contribution in [0.1, 0.15) is 0 Å². The van der Waals surface area contributed by atoms with Crippen LogP contribution in [-0.2, 0) is 20.9 Å². The van der Waals surface area contributed by atoms with E-state index >= 15 is 0 Å². The second kappa shape index (κ2) is 14.4. The average Bonchev–Trinajstić information content (AvgIpc) is 3.91. The Bertz CT molecular complexity index is 3530.